The summed E-state index contributed by atoms with van der Waals surface area (Å²) in [4.78, 5) is 65.6. The average molecular weight is 799 g/mol. The number of nitrogens with zero attached hydrogens (tertiary/aromatic N) is 7. The van der Waals surface area contributed by atoms with E-state index in [1.165, 1.54) is 11.2 Å². The molecule has 0 radical (unpaired) electrons. The molecule has 15 heteroatoms. The van der Waals surface area contributed by atoms with Crippen molar-refractivity contribution in [2.45, 2.75) is 44.2 Å². The maximum Gasteiger partial charge on any atom is 0.262 e. The van der Waals surface area contributed by atoms with Crippen molar-refractivity contribution in [2.75, 3.05) is 58.8 Å². The molecular formula is C44H46N8O7. The summed E-state index contributed by atoms with van der Waals surface area (Å²) >= 11 is 0. The van der Waals surface area contributed by atoms with Crippen LogP contribution in [0.2, 0.25) is 0 Å². The number of anilines is 1. The topological polar surface area (TPSA) is 175 Å². The molecule has 8 rings (SSSR count). The van der Waals surface area contributed by atoms with Gasteiger partial charge in [0.2, 0.25) is 5.91 Å². The summed E-state index contributed by atoms with van der Waals surface area (Å²) in [6.45, 7) is 7.41. The average Bonchev–Trinajstić information content (AvgIpc) is 3.75. The molecule has 15 nitrogen and oxygen atoms in total. The third-order valence-electron chi connectivity index (χ3n) is 11.2. The third kappa shape index (κ3) is 8.35. The monoisotopic (exact) mass is 798 g/mol. The van der Waals surface area contributed by atoms with Crippen LogP contribution in [0.25, 0.3) is 22.3 Å². The maximum absolute atomic E-state index is 13.3. The molecule has 304 valence electrons. The van der Waals surface area contributed by atoms with Gasteiger partial charge in [-0.05, 0) is 79.8 Å². The minimum Gasteiger partial charge on any atom is -0.457 e. The van der Waals surface area contributed by atoms with Gasteiger partial charge < -0.3 is 29.7 Å². The number of imide groups is 1. The summed E-state index contributed by atoms with van der Waals surface area (Å²) < 4.78 is 19.4. The van der Waals surface area contributed by atoms with Crippen LogP contribution >= 0.6 is 0 Å². The van der Waals surface area contributed by atoms with Gasteiger partial charge in [-0.3, -0.25) is 24.1 Å². The van der Waals surface area contributed by atoms with Crippen molar-refractivity contribution in [1.29, 1.82) is 0 Å². The standard InChI is InChI=1S/C44H46N8O7/c1-28-8-15-37(44(56)49(28)2)51-42(54)35-14-9-29(25-36(35)43(51)55)24-32(53)26-58-23-22-57-21-20-50-18-16-31(17-19-50)52-41-38(40(45)46-27-47-41)39(48-52)30-10-12-34(13-11-30)59-33-6-4-3-5-7-33/h3-7,9-14,25,27,31,37H,1,8,15-24,26H2,2H3,(H2,45,46,47). The number of hydrogen-bond acceptors (Lipinski definition) is 12. The molecule has 0 bridgehead atoms. The van der Waals surface area contributed by atoms with Crippen LogP contribution in [-0.2, 0) is 25.5 Å². The number of fused-ring (bicyclic) bond motifs is 2. The second-order valence-corrected chi connectivity index (χ2v) is 15.0. The molecule has 5 aromatic rings. The van der Waals surface area contributed by atoms with E-state index >= 15 is 0 Å². The van der Waals surface area contributed by atoms with Crippen LogP contribution in [0.4, 0.5) is 5.82 Å². The number of benzene rings is 3. The van der Waals surface area contributed by atoms with Crippen molar-refractivity contribution in [2.24, 2.45) is 0 Å². The number of nitrogens with two attached hydrogens (primary N) is 1. The Morgan fingerprint density at radius 1 is 0.864 bits per heavy atom. The fourth-order valence-electron chi connectivity index (χ4n) is 7.94. The highest BCUT2D eigenvalue weighted by atomic mass is 16.5. The lowest BCUT2D eigenvalue weighted by Gasteiger charge is -2.34. The van der Waals surface area contributed by atoms with Gasteiger partial charge in [0.25, 0.3) is 11.8 Å². The van der Waals surface area contributed by atoms with E-state index in [-0.39, 0.29) is 48.5 Å². The highest BCUT2D eigenvalue weighted by Crippen LogP contribution is 2.36. The fourth-order valence-corrected chi connectivity index (χ4v) is 7.94. The lowest BCUT2D eigenvalue weighted by Crippen LogP contribution is -2.52. The number of rotatable bonds is 15. The first kappa shape index (κ1) is 39.5. The summed E-state index contributed by atoms with van der Waals surface area (Å²) in [5.41, 5.74) is 10.4. The molecule has 2 fully saturated rings. The van der Waals surface area contributed by atoms with Crippen LogP contribution < -0.4 is 10.5 Å². The summed E-state index contributed by atoms with van der Waals surface area (Å²) in [5, 5.41) is 5.78. The van der Waals surface area contributed by atoms with Gasteiger partial charge in [-0.15, -0.1) is 0 Å². The van der Waals surface area contributed by atoms with Crippen molar-refractivity contribution in [3.8, 4) is 22.8 Å². The van der Waals surface area contributed by atoms with Crippen molar-refractivity contribution < 1.29 is 33.4 Å². The minimum atomic E-state index is -0.872. The van der Waals surface area contributed by atoms with E-state index < -0.39 is 17.9 Å². The van der Waals surface area contributed by atoms with Crippen LogP contribution in [0.1, 0.15) is 58.0 Å². The highest BCUT2D eigenvalue weighted by Gasteiger charge is 2.45. The molecule has 5 heterocycles. The number of ketones is 1. The van der Waals surface area contributed by atoms with E-state index in [1.807, 2.05) is 59.3 Å². The molecule has 0 aliphatic carbocycles. The summed E-state index contributed by atoms with van der Waals surface area (Å²) in [5.74, 6) is 0.358. The van der Waals surface area contributed by atoms with Crippen molar-refractivity contribution in [3.05, 3.63) is 108 Å². The molecule has 2 N–H and O–H groups in total. The highest BCUT2D eigenvalue weighted by molar-refractivity contribution is 6.23. The lowest BCUT2D eigenvalue weighted by molar-refractivity contribution is -0.134. The van der Waals surface area contributed by atoms with Crippen molar-refractivity contribution in [3.63, 3.8) is 0 Å². The number of carbonyl (C=O) groups is 4. The third-order valence-corrected chi connectivity index (χ3v) is 11.2. The number of ether oxygens (including phenoxy) is 3. The Morgan fingerprint density at radius 3 is 2.37 bits per heavy atom. The van der Waals surface area contributed by atoms with Gasteiger partial charge in [0.15, 0.2) is 11.4 Å². The number of aromatic nitrogens is 4. The molecule has 2 aromatic heterocycles. The largest absolute Gasteiger partial charge is 0.457 e. The Kier molecular flexibility index (Phi) is 11.6. The fraction of sp³-hybridized carbons (Fsp3) is 0.341. The van der Waals surface area contributed by atoms with Crippen LogP contribution in [0.3, 0.4) is 0 Å². The van der Waals surface area contributed by atoms with E-state index in [1.54, 1.807) is 25.2 Å². The van der Waals surface area contributed by atoms with E-state index in [9.17, 15) is 19.2 Å². The number of para-hydroxylation sites is 1. The number of carbonyl (C=O) groups excluding carboxylic acids is 4. The molecule has 3 amide bonds. The van der Waals surface area contributed by atoms with Crippen molar-refractivity contribution >= 4 is 40.4 Å². The Labute approximate surface area is 341 Å². The molecule has 0 spiro atoms. The number of nitrogen functional groups attached to an aromatic ring is 1. The van der Waals surface area contributed by atoms with Crippen LogP contribution in [0, 0.1) is 0 Å². The normalized spacial score (nSPS) is 17.6. The number of Topliss-reactive ketones (excluding diaryl/α,β-unsaturated/α-hetero) is 1. The Hall–Kier alpha value is -6.29. The first-order valence-corrected chi connectivity index (χ1v) is 19.8. The zero-order chi connectivity index (χ0) is 41.0. The number of likely N-dealkylation sites (tertiary alicyclic amines) is 2. The number of piperidine rings is 2. The van der Waals surface area contributed by atoms with Gasteiger partial charge in [-0.2, -0.15) is 5.10 Å². The van der Waals surface area contributed by atoms with Gasteiger partial charge in [0, 0.05) is 44.4 Å². The summed E-state index contributed by atoms with van der Waals surface area (Å²) in [6, 6.07) is 21.5. The Morgan fingerprint density at radius 2 is 1.59 bits per heavy atom. The zero-order valence-electron chi connectivity index (χ0n) is 32.9. The molecule has 3 aliphatic heterocycles. The van der Waals surface area contributed by atoms with Crippen molar-refractivity contribution in [1.82, 2.24) is 34.4 Å². The van der Waals surface area contributed by atoms with Gasteiger partial charge >= 0.3 is 0 Å². The van der Waals surface area contributed by atoms with Gasteiger partial charge in [0.05, 0.1) is 42.4 Å². The molecule has 1 unspecified atom stereocenters. The van der Waals surface area contributed by atoms with E-state index in [2.05, 4.69) is 21.4 Å². The predicted molar refractivity (Wildman–Crippen MR) is 219 cm³/mol. The molecule has 3 aliphatic rings. The predicted octanol–water partition coefficient (Wildman–Crippen LogP) is 5.08. The number of hydrogen-bond donors (Lipinski definition) is 1. The smallest absolute Gasteiger partial charge is 0.262 e. The molecular weight excluding hydrogens is 753 g/mol. The Balaban J connectivity index is 0.758. The number of allylic oxidation sites excluding steroid dienone is 1. The van der Waals surface area contributed by atoms with Crippen LogP contribution in [-0.4, -0.2) is 117 Å². The zero-order valence-corrected chi connectivity index (χ0v) is 32.9. The first-order valence-electron chi connectivity index (χ1n) is 19.8. The van der Waals surface area contributed by atoms with Gasteiger partial charge in [-0.1, -0.05) is 30.8 Å². The van der Waals surface area contributed by atoms with Crippen LogP contribution in [0.5, 0.6) is 11.5 Å². The van der Waals surface area contributed by atoms with Gasteiger partial charge in [-0.25, -0.2) is 14.6 Å². The molecule has 3 aromatic carbocycles. The Bertz CT molecular complexity index is 2390. The maximum atomic E-state index is 13.3. The summed E-state index contributed by atoms with van der Waals surface area (Å²) in [7, 11) is 1.59. The minimum absolute atomic E-state index is 0.0458. The van der Waals surface area contributed by atoms with Gasteiger partial charge in [0.1, 0.15) is 42.0 Å². The number of amides is 3. The number of likely N-dealkylation sites (N-methyl/N-ethyl adjacent to an activating group) is 1. The summed E-state index contributed by atoms with van der Waals surface area (Å²) in [6.07, 6.45) is 4.14. The molecule has 0 saturated carbocycles. The molecule has 2 saturated heterocycles. The van der Waals surface area contributed by atoms with E-state index in [4.69, 9.17) is 25.0 Å². The van der Waals surface area contributed by atoms with E-state index in [0.29, 0.717) is 43.1 Å². The second kappa shape index (κ2) is 17.3. The van der Waals surface area contributed by atoms with E-state index in [0.717, 1.165) is 71.2 Å². The lowest BCUT2D eigenvalue weighted by atomic mass is 10.0. The quantitative estimate of drug-likeness (QED) is 0.110. The second-order valence-electron chi connectivity index (χ2n) is 15.0. The molecule has 1 atom stereocenters. The van der Waals surface area contributed by atoms with Crippen LogP contribution in [0.15, 0.2) is 91.4 Å². The molecule has 59 heavy (non-hydrogen) atoms. The SMILES string of the molecule is C=C1CCC(N2C(=O)c3ccc(CC(=O)COCCOCCN4CCC(n5nc(-c6ccc(Oc7ccccc7)cc6)c6c(N)ncnc65)CC4)cc3C2=O)C(=O)N1C. The first-order chi connectivity index (χ1) is 28.7.